The largest absolute Gasteiger partial charge is 0.291 e. The van der Waals surface area contributed by atoms with Crippen molar-refractivity contribution in [1.82, 2.24) is 4.90 Å². The summed E-state index contributed by atoms with van der Waals surface area (Å²) in [7, 11) is 0. The second-order valence-electron chi connectivity index (χ2n) is 4.77. The van der Waals surface area contributed by atoms with E-state index in [-0.39, 0.29) is 0 Å². The summed E-state index contributed by atoms with van der Waals surface area (Å²) in [6.07, 6.45) is 0. The van der Waals surface area contributed by atoms with E-state index in [0.717, 1.165) is 19.6 Å². The van der Waals surface area contributed by atoms with Crippen LogP contribution in [-0.2, 0) is 19.6 Å². The van der Waals surface area contributed by atoms with Crippen molar-refractivity contribution in [2.24, 2.45) is 5.11 Å². The Morgan fingerprint density at radius 3 is 2.63 bits per heavy atom. The van der Waals surface area contributed by atoms with E-state index < -0.39 is 0 Å². The van der Waals surface area contributed by atoms with Crippen LogP contribution in [-0.4, -0.2) is 4.90 Å². The zero-order chi connectivity index (χ0) is 13.1. The Hall–Kier alpha value is -2.29. The van der Waals surface area contributed by atoms with E-state index in [9.17, 15) is 0 Å². The van der Waals surface area contributed by atoms with Crippen molar-refractivity contribution in [3.05, 3.63) is 75.7 Å². The molecule has 0 unspecified atom stereocenters. The topological polar surface area (TPSA) is 52.0 Å². The average Bonchev–Trinajstić information content (AvgIpc) is 2.82. The lowest BCUT2D eigenvalue weighted by molar-refractivity contribution is 0.275. The molecule has 0 saturated carbocycles. The molecule has 3 rings (SSSR count). The smallest absolute Gasteiger partial charge is 0.0378 e. The van der Waals surface area contributed by atoms with Gasteiger partial charge in [0.1, 0.15) is 0 Å². The van der Waals surface area contributed by atoms with E-state index in [0.29, 0.717) is 5.69 Å². The number of fused-ring (bicyclic) bond motifs is 1. The summed E-state index contributed by atoms with van der Waals surface area (Å²) in [4.78, 5) is 5.22. The number of azide groups is 1. The predicted molar refractivity (Wildman–Crippen MR) is 74.6 cm³/mol. The summed E-state index contributed by atoms with van der Waals surface area (Å²) in [6.45, 7) is 2.83. The molecular weight excluding hydrogens is 236 g/mol. The number of benzene rings is 2. The Balaban J connectivity index is 1.75. The number of hydrogen-bond donors (Lipinski definition) is 0. The van der Waals surface area contributed by atoms with E-state index in [4.69, 9.17) is 5.53 Å². The second kappa shape index (κ2) is 5.14. The van der Waals surface area contributed by atoms with Crippen LogP contribution in [0.15, 0.2) is 53.6 Å². The minimum Gasteiger partial charge on any atom is -0.291 e. The van der Waals surface area contributed by atoms with Gasteiger partial charge in [-0.05, 0) is 28.3 Å². The zero-order valence-electron chi connectivity index (χ0n) is 10.5. The minimum absolute atomic E-state index is 0.697. The highest BCUT2D eigenvalue weighted by atomic mass is 15.1. The molecule has 0 fully saturated rings. The fraction of sp³-hybridized carbons (Fsp3) is 0.200. The molecule has 2 aromatic carbocycles. The van der Waals surface area contributed by atoms with Crippen LogP contribution in [0, 0.1) is 0 Å². The maximum atomic E-state index is 8.46. The van der Waals surface area contributed by atoms with E-state index in [1.165, 1.54) is 16.7 Å². The molecule has 1 heterocycles. The molecular formula is C15H14N4. The van der Waals surface area contributed by atoms with Crippen molar-refractivity contribution < 1.29 is 0 Å². The van der Waals surface area contributed by atoms with Gasteiger partial charge in [-0.2, -0.15) is 0 Å². The Morgan fingerprint density at radius 2 is 1.84 bits per heavy atom. The molecule has 0 atom stereocenters. The lowest BCUT2D eigenvalue weighted by atomic mass is 10.1. The standard InChI is InChI=1S/C15H14N4/c16-18-17-15-7-6-13-10-19(11-14(13)8-15)9-12-4-2-1-3-5-12/h1-8H,9-11H2. The van der Waals surface area contributed by atoms with Crippen LogP contribution in [0.5, 0.6) is 0 Å². The van der Waals surface area contributed by atoms with E-state index in [2.05, 4.69) is 45.3 Å². The Bertz CT molecular complexity index is 630. The third-order valence-electron chi connectivity index (χ3n) is 3.39. The van der Waals surface area contributed by atoms with Crippen molar-refractivity contribution in [2.75, 3.05) is 0 Å². The fourth-order valence-corrected chi connectivity index (χ4v) is 2.52. The first-order valence-corrected chi connectivity index (χ1v) is 6.28. The molecule has 0 saturated heterocycles. The van der Waals surface area contributed by atoms with Gasteiger partial charge in [-0.1, -0.05) is 47.6 Å². The Kier molecular flexibility index (Phi) is 3.19. The zero-order valence-corrected chi connectivity index (χ0v) is 10.5. The third-order valence-corrected chi connectivity index (χ3v) is 3.39. The van der Waals surface area contributed by atoms with Crippen molar-refractivity contribution in [3.8, 4) is 0 Å². The Labute approximate surface area is 111 Å². The number of hydrogen-bond acceptors (Lipinski definition) is 2. The van der Waals surface area contributed by atoms with Gasteiger partial charge in [-0.25, -0.2) is 0 Å². The van der Waals surface area contributed by atoms with Gasteiger partial charge in [-0.3, -0.25) is 4.90 Å². The van der Waals surface area contributed by atoms with Gasteiger partial charge >= 0.3 is 0 Å². The molecule has 4 heteroatoms. The van der Waals surface area contributed by atoms with Gasteiger partial charge in [0.25, 0.3) is 0 Å². The number of rotatable bonds is 3. The van der Waals surface area contributed by atoms with Gasteiger partial charge in [-0.15, -0.1) is 0 Å². The van der Waals surface area contributed by atoms with Crippen LogP contribution in [0.2, 0.25) is 0 Å². The number of nitrogens with zero attached hydrogens (tertiary/aromatic N) is 4. The highest BCUT2D eigenvalue weighted by Gasteiger charge is 2.18. The molecule has 94 valence electrons. The summed E-state index contributed by atoms with van der Waals surface area (Å²) >= 11 is 0. The van der Waals surface area contributed by atoms with Crippen molar-refractivity contribution in [1.29, 1.82) is 0 Å². The molecule has 19 heavy (non-hydrogen) atoms. The third kappa shape index (κ3) is 2.60. The van der Waals surface area contributed by atoms with Gasteiger partial charge in [0.05, 0.1) is 0 Å². The fourth-order valence-electron chi connectivity index (χ4n) is 2.52. The second-order valence-corrected chi connectivity index (χ2v) is 4.77. The van der Waals surface area contributed by atoms with Crippen LogP contribution >= 0.6 is 0 Å². The van der Waals surface area contributed by atoms with Gasteiger partial charge < -0.3 is 0 Å². The molecule has 0 N–H and O–H groups in total. The molecule has 0 amide bonds. The first-order valence-electron chi connectivity index (χ1n) is 6.28. The summed E-state index contributed by atoms with van der Waals surface area (Å²) in [5.74, 6) is 0. The molecule has 1 aliphatic heterocycles. The molecule has 0 aromatic heterocycles. The van der Waals surface area contributed by atoms with Crippen LogP contribution in [0.4, 0.5) is 5.69 Å². The van der Waals surface area contributed by atoms with Crippen molar-refractivity contribution in [3.63, 3.8) is 0 Å². The van der Waals surface area contributed by atoms with Crippen molar-refractivity contribution >= 4 is 5.69 Å². The monoisotopic (exact) mass is 250 g/mol. The van der Waals surface area contributed by atoms with Crippen molar-refractivity contribution in [2.45, 2.75) is 19.6 Å². The van der Waals surface area contributed by atoms with E-state index in [1.807, 2.05) is 18.2 Å². The maximum Gasteiger partial charge on any atom is 0.0378 e. The van der Waals surface area contributed by atoms with Crippen LogP contribution in [0.3, 0.4) is 0 Å². The van der Waals surface area contributed by atoms with Crippen LogP contribution < -0.4 is 0 Å². The highest BCUT2D eigenvalue weighted by Crippen LogP contribution is 2.28. The lowest BCUT2D eigenvalue weighted by Gasteiger charge is -2.14. The molecule has 0 bridgehead atoms. The van der Waals surface area contributed by atoms with Crippen LogP contribution in [0.25, 0.3) is 10.4 Å². The van der Waals surface area contributed by atoms with Crippen LogP contribution in [0.1, 0.15) is 16.7 Å². The molecule has 0 spiro atoms. The molecule has 4 nitrogen and oxygen atoms in total. The quantitative estimate of drug-likeness (QED) is 0.458. The van der Waals surface area contributed by atoms with Gasteiger partial charge in [0, 0.05) is 30.2 Å². The highest BCUT2D eigenvalue weighted by molar-refractivity contribution is 5.45. The first-order chi connectivity index (χ1) is 9.35. The van der Waals surface area contributed by atoms with Gasteiger partial charge in [0.2, 0.25) is 0 Å². The summed E-state index contributed by atoms with van der Waals surface area (Å²) < 4.78 is 0. The summed E-state index contributed by atoms with van der Waals surface area (Å²) in [5, 5.41) is 3.66. The summed E-state index contributed by atoms with van der Waals surface area (Å²) in [5.41, 5.74) is 13.1. The molecule has 0 aliphatic carbocycles. The average molecular weight is 250 g/mol. The SMILES string of the molecule is [N-]=[N+]=Nc1ccc2c(c1)CN(Cc1ccccc1)C2. The first kappa shape index (κ1) is 11.8. The minimum atomic E-state index is 0.697. The van der Waals surface area contributed by atoms with E-state index in [1.54, 1.807) is 0 Å². The lowest BCUT2D eigenvalue weighted by Crippen LogP contribution is -2.15. The maximum absolute atomic E-state index is 8.46. The summed E-state index contributed by atoms with van der Waals surface area (Å²) in [6, 6.07) is 16.4. The normalized spacial score (nSPS) is 13.9. The van der Waals surface area contributed by atoms with Gasteiger partial charge in [0.15, 0.2) is 0 Å². The predicted octanol–water partition coefficient (Wildman–Crippen LogP) is 4.14. The molecule has 2 aromatic rings. The van der Waals surface area contributed by atoms with E-state index >= 15 is 0 Å². The Morgan fingerprint density at radius 1 is 1.05 bits per heavy atom. The molecule has 0 radical (unpaired) electrons. The molecule has 1 aliphatic rings.